The average Bonchev–Trinajstić information content (AvgIpc) is 2.83. The van der Waals surface area contributed by atoms with Crippen LogP contribution in [-0.2, 0) is 6.54 Å². The molecule has 0 atom stereocenters. The average molecular weight is 431 g/mol. The number of carbonyl (C=O) groups is 1. The molecule has 0 aromatic heterocycles. The van der Waals surface area contributed by atoms with E-state index in [9.17, 15) is 4.79 Å². The Morgan fingerprint density at radius 3 is 2.34 bits per heavy atom. The quantitative estimate of drug-likeness (QED) is 0.582. The topological polar surface area (TPSA) is 70.8 Å². The molecule has 1 amide bonds. The Morgan fingerprint density at radius 2 is 1.66 bits per heavy atom. The largest absolute Gasteiger partial charge is 0.497 e. The highest BCUT2D eigenvalue weighted by molar-refractivity contribution is 5.96. The summed E-state index contributed by atoms with van der Waals surface area (Å²) in [4.78, 5) is 17.3. The minimum atomic E-state index is -0.143. The summed E-state index contributed by atoms with van der Waals surface area (Å²) in [6.45, 7) is 6.23. The van der Waals surface area contributed by atoms with Crippen LogP contribution >= 0.6 is 0 Å². The monoisotopic (exact) mass is 430 g/mol. The number of para-hydroxylation sites is 1. The van der Waals surface area contributed by atoms with Crippen molar-refractivity contribution in [2.45, 2.75) is 13.5 Å². The van der Waals surface area contributed by atoms with Gasteiger partial charge in [0, 0.05) is 44.0 Å². The number of rotatable bonds is 6. The molecule has 6 nitrogen and oxygen atoms in total. The zero-order chi connectivity index (χ0) is 22.5. The Kier molecular flexibility index (Phi) is 6.50. The molecule has 0 radical (unpaired) electrons. The fraction of sp³-hybridized carbons (Fsp3) is 0.269. The standard InChI is InChI=1S/C26H30N4O2/c1-19-6-3-4-9-24(19)29-12-14-30(15-13-29)25-11-10-21(17-23(25)27)26(31)28-18-20-7-5-8-22(16-20)32-2/h3-11,16-17H,12-15,18,27H2,1-2H3,(H,28,31). The number of nitrogens with zero attached hydrogens (tertiary/aromatic N) is 2. The molecular weight excluding hydrogens is 400 g/mol. The highest BCUT2D eigenvalue weighted by atomic mass is 16.5. The number of piperazine rings is 1. The molecule has 3 aromatic carbocycles. The van der Waals surface area contributed by atoms with Crippen molar-refractivity contribution in [3.63, 3.8) is 0 Å². The molecule has 1 fully saturated rings. The van der Waals surface area contributed by atoms with Crippen LogP contribution in [0.15, 0.2) is 66.7 Å². The molecule has 32 heavy (non-hydrogen) atoms. The van der Waals surface area contributed by atoms with Crippen molar-refractivity contribution < 1.29 is 9.53 Å². The number of nitrogen functional groups attached to an aromatic ring is 1. The molecule has 6 heteroatoms. The number of anilines is 3. The number of carbonyl (C=O) groups excluding carboxylic acids is 1. The van der Waals surface area contributed by atoms with Gasteiger partial charge in [0.15, 0.2) is 0 Å². The molecule has 4 rings (SSSR count). The van der Waals surface area contributed by atoms with E-state index in [1.807, 2.05) is 36.4 Å². The molecule has 0 saturated carbocycles. The second-order valence-electron chi connectivity index (χ2n) is 8.07. The Labute approximate surface area is 189 Å². The van der Waals surface area contributed by atoms with Gasteiger partial charge in [-0.2, -0.15) is 0 Å². The maximum absolute atomic E-state index is 12.6. The van der Waals surface area contributed by atoms with Crippen molar-refractivity contribution in [3.05, 3.63) is 83.4 Å². The minimum absolute atomic E-state index is 0.143. The van der Waals surface area contributed by atoms with Crippen molar-refractivity contribution in [2.24, 2.45) is 0 Å². The van der Waals surface area contributed by atoms with Gasteiger partial charge in [0.2, 0.25) is 0 Å². The molecule has 1 saturated heterocycles. The van der Waals surface area contributed by atoms with E-state index in [1.54, 1.807) is 13.2 Å². The first kappa shape index (κ1) is 21.6. The van der Waals surface area contributed by atoms with Gasteiger partial charge in [-0.15, -0.1) is 0 Å². The van der Waals surface area contributed by atoms with Gasteiger partial charge in [0.25, 0.3) is 5.91 Å². The SMILES string of the molecule is COc1cccc(CNC(=O)c2ccc(N3CCN(c4ccccc4C)CC3)c(N)c2)c1. The number of amides is 1. The number of hydrogen-bond donors (Lipinski definition) is 2. The molecule has 0 spiro atoms. The molecule has 1 aliphatic rings. The van der Waals surface area contributed by atoms with Crippen LogP contribution in [0.1, 0.15) is 21.5 Å². The van der Waals surface area contributed by atoms with Crippen molar-refractivity contribution >= 4 is 23.0 Å². The normalized spacial score (nSPS) is 13.7. The number of nitrogens with one attached hydrogen (secondary N) is 1. The summed E-state index contributed by atoms with van der Waals surface area (Å²) in [6, 6.07) is 21.7. The Bertz CT molecular complexity index is 1090. The first-order valence-corrected chi connectivity index (χ1v) is 10.9. The van der Waals surface area contributed by atoms with E-state index in [0.717, 1.165) is 43.2 Å². The number of methoxy groups -OCH3 is 1. The lowest BCUT2D eigenvalue weighted by Crippen LogP contribution is -2.47. The van der Waals surface area contributed by atoms with Crippen LogP contribution in [0.2, 0.25) is 0 Å². The summed E-state index contributed by atoms with van der Waals surface area (Å²) in [6.07, 6.45) is 0. The van der Waals surface area contributed by atoms with Gasteiger partial charge in [0.05, 0.1) is 18.5 Å². The number of ether oxygens (including phenoxy) is 1. The summed E-state index contributed by atoms with van der Waals surface area (Å²) >= 11 is 0. The highest BCUT2D eigenvalue weighted by Gasteiger charge is 2.20. The Balaban J connectivity index is 1.37. The molecule has 1 aliphatic heterocycles. The maximum Gasteiger partial charge on any atom is 0.251 e. The first-order chi connectivity index (χ1) is 15.5. The Hall–Kier alpha value is -3.67. The van der Waals surface area contributed by atoms with Crippen molar-refractivity contribution in [1.29, 1.82) is 0 Å². The van der Waals surface area contributed by atoms with Crippen LogP contribution in [0.3, 0.4) is 0 Å². The van der Waals surface area contributed by atoms with E-state index in [2.05, 4.69) is 46.3 Å². The third kappa shape index (κ3) is 4.80. The van der Waals surface area contributed by atoms with Gasteiger partial charge in [-0.05, 0) is 54.4 Å². The molecular formula is C26H30N4O2. The molecule has 0 unspecified atom stereocenters. The van der Waals surface area contributed by atoms with Crippen LogP contribution in [0.25, 0.3) is 0 Å². The lowest BCUT2D eigenvalue weighted by atomic mass is 10.1. The van der Waals surface area contributed by atoms with Gasteiger partial charge < -0.3 is 25.6 Å². The second kappa shape index (κ2) is 9.64. The van der Waals surface area contributed by atoms with Crippen molar-refractivity contribution in [1.82, 2.24) is 5.32 Å². The predicted molar refractivity (Wildman–Crippen MR) is 131 cm³/mol. The van der Waals surface area contributed by atoms with Crippen LogP contribution in [0.5, 0.6) is 5.75 Å². The molecule has 0 aliphatic carbocycles. The van der Waals surface area contributed by atoms with Crippen LogP contribution in [0.4, 0.5) is 17.1 Å². The van der Waals surface area contributed by atoms with E-state index in [1.165, 1.54) is 11.3 Å². The van der Waals surface area contributed by atoms with Gasteiger partial charge in [-0.3, -0.25) is 4.79 Å². The number of benzene rings is 3. The van der Waals surface area contributed by atoms with E-state index >= 15 is 0 Å². The van der Waals surface area contributed by atoms with Crippen molar-refractivity contribution in [2.75, 3.05) is 48.8 Å². The van der Waals surface area contributed by atoms with Crippen LogP contribution in [-0.4, -0.2) is 39.2 Å². The summed E-state index contributed by atoms with van der Waals surface area (Å²) in [5, 5.41) is 2.95. The van der Waals surface area contributed by atoms with Gasteiger partial charge in [-0.25, -0.2) is 0 Å². The summed E-state index contributed by atoms with van der Waals surface area (Å²) in [7, 11) is 1.63. The fourth-order valence-corrected chi connectivity index (χ4v) is 4.16. The Morgan fingerprint density at radius 1 is 0.938 bits per heavy atom. The third-order valence-corrected chi connectivity index (χ3v) is 5.95. The minimum Gasteiger partial charge on any atom is -0.497 e. The summed E-state index contributed by atoms with van der Waals surface area (Å²) in [5.41, 5.74) is 12.1. The molecule has 3 aromatic rings. The lowest BCUT2D eigenvalue weighted by Gasteiger charge is -2.38. The first-order valence-electron chi connectivity index (χ1n) is 10.9. The number of aryl methyl sites for hydroxylation is 1. The number of hydrogen-bond acceptors (Lipinski definition) is 5. The van der Waals surface area contributed by atoms with Crippen LogP contribution in [0, 0.1) is 6.92 Å². The predicted octanol–water partition coefficient (Wildman–Crippen LogP) is 3.84. The highest BCUT2D eigenvalue weighted by Crippen LogP contribution is 2.28. The zero-order valence-electron chi connectivity index (χ0n) is 18.7. The van der Waals surface area contributed by atoms with Crippen molar-refractivity contribution in [3.8, 4) is 5.75 Å². The molecule has 0 bridgehead atoms. The number of nitrogens with two attached hydrogens (primary N) is 1. The second-order valence-corrected chi connectivity index (χ2v) is 8.07. The third-order valence-electron chi connectivity index (χ3n) is 5.95. The van der Waals surface area contributed by atoms with Gasteiger partial charge in [0.1, 0.15) is 5.75 Å². The van der Waals surface area contributed by atoms with Crippen LogP contribution < -0.4 is 25.6 Å². The van der Waals surface area contributed by atoms with E-state index in [0.29, 0.717) is 17.8 Å². The zero-order valence-corrected chi connectivity index (χ0v) is 18.7. The maximum atomic E-state index is 12.6. The van der Waals surface area contributed by atoms with Gasteiger partial charge >= 0.3 is 0 Å². The van der Waals surface area contributed by atoms with Gasteiger partial charge in [-0.1, -0.05) is 30.3 Å². The molecule has 3 N–H and O–H groups in total. The smallest absolute Gasteiger partial charge is 0.251 e. The summed E-state index contributed by atoms with van der Waals surface area (Å²) in [5.74, 6) is 0.628. The van der Waals surface area contributed by atoms with E-state index in [4.69, 9.17) is 10.5 Å². The van der Waals surface area contributed by atoms with E-state index < -0.39 is 0 Å². The molecule has 1 heterocycles. The summed E-state index contributed by atoms with van der Waals surface area (Å²) < 4.78 is 5.23. The van der Waals surface area contributed by atoms with E-state index in [-0.39, 0.29) is 5.91 Å². The lowest BCUT2D eigenvalue weighted by molar-refractivity contribution is 0.0951. The molecule has 166 valence electrons. The fourth-order valence-electron chi connectivity index (χ4n) is 4.16.